The maximum atomic E-state index is 12.9. The molecule has 4 rings (SSSR count). The van der Waals surface area contributed by atoms with Gasteiger partial charge in [0.25, 0.3) is 0 Å². The predicted octanol–water partition coefficient (Wildman–Crippen LogP) is 2.90. The molecule has 0 aliphatic carbocycles. The van der Waals surface area contributed by atoms with E-state index in [1.54, 1.807) is 17.1 Å². The Labute approximate surface area is 151 Å². The highest BCUT2D eigenvalue weighted by molar-refractivity contribution is 5.89. The molecule has 0 bridgehead atoms. The highest BCUT2D eigenvalue weighted by Crippen LogP contribution is 2.33. The van der Waals surface area contributed by atoms with E-state index in [1.807, 2.05) is 72.8 Å². The number of benzene rings is 2. The zero-order valence-corrected chi connectivity index (χ0v) is 14.1. The Bertz CT molecular complexity index is 1040. The van der Waals surface area contributed by atoms with Crippen molar-refractivity contribution in [2.45, 2.75) is 12.0 Å². The number of imidazole rings is 1. The standard InChI is InChI=1S/C21H18N4O/c22-20(26)21(17-10-5-2-6-11-17,14-16-8-3-1-4-9-16)25-15-24-18-12-7-13-23-19(18)25/h1-13,15H,14H2,(H2,22,26). The van der Waals surface area contributed by atoms with Gasteiger partial charge in [-0.2, -0.15) is 0 Å². The van der Waals surface area contributed by atoms with E-state index < -0.39 is 11.4 Å². The first kappa shape index (κ1) is 16.0. The first-order valence-corrected chi connectivity index (χ1v) is 8.40. The summed E-state index contributed by atoms with van der Waals surface area (Å²) >= 11 is 0. The number of primary amides is 1. The molecule has 0 spiro atoms. The number of hydrogen-bond donors (Lipinski definition) is 1. The summed E-state index contributed by atoms with van der Waals surface area (Å²) in [5, 5.41) is 0. The lowest BCUT2D eigenvalue weighted by Gasteiger charge is -2.33. The van der Waals surface area contributed by atoms with Gasteiger partial charge in [0.15, 0.2) is 11.2 Å². The molecule has 2 N–H and O–H groups in total. The van der Waals surface area contributed by atoms with Gasteiger partial charge in [0, 0.05) is 12.6 Å². The zero-order chi connectivity index (χ0) is 18.0. The topological polar surface area (TPSA) is 73.8 Å². The van der Waals surface area contributed by atoms with E-state index in [1.165, 1.54) is 0 Å². The third-order valence-corrected chi connectivity index (χ3v) is 4.68. The molecule has 2 aromatic heterocycles. The smallest absolute Gasteiger partial charge is 0.248 e. The van der Waals surface area contributed by atoms with Crippen LogP contribution in [0.4, 0.5) is 0 Å². The lowest BCUT2D eigenvalue weighted by Crippen LogP contribution is -2.49. The summed E-state index contributed by atoms with van der Waals surface area (Å²) in [6, 6.07) is 23.1. The van der Waals surface area contributed by atoms with Crippen LogP contribution >= 0.6 is 0 Å². The van der Waals surface area contributed by atoms with Crippen molar-refractivity contribution in [1.82, 2.24) is 14.5 Å². The molecule has 4 aromatic rings. The van der Waals surface area contributed by atoms with Crippen LogP contribution in [0, 0.1) is 0 Å². The Morgan fingerprint density at radius 2 is 1.62 bits per heavy atom. The lowest BCUT2D eigenvalue weighted by molar-refractivity contribution is -0.124. The van der Waals surface area contributed by atoms with Crippen LogP contribution in [-0.2, 0) is 16.8 Å². The van der Waals surface area contributed by atoms with Crippen molar-refractivity contribution in [2.75, 3.05) is 0 Å². The third-order valence-electron chi connectivity index (χ3n) is 4.68. The predicted molar refractivity (Wildman–Crippen MR) is 100 cm³/mol. The van der Waals surface area contributed by atoms with E-state index in [2.05, 4.69) is 9.97 Å². The van der Waals surface area contributed by atoms with Crippen LogP contribution in [-0.4, -0.2) is 20.4 Å². The fourth-order valence-electron chi connectivity index (χ4n) is 3.41. The largest absolute Gasteiger partial charge is 0.367 e. The summed E-state index contributed by atoms with van der Waals surface area (Å²) in [4.78, 5) is 21.8. The van der Waals surface area contributed by atoms with Gasteiger partial charge in [-0.1, -0.05) is 60.7 Å². The number of carbonyl (C=O) groups is 1. The summed E-state index contributed by atoms with van der Waals surface area (Å²) in [6.07, 6.45) is 3.76. The van der Waals surface area contributed by atoms with Crippen molar-refractivity contribution in [3.63, 3.8) is 0 Å². The summed E-state index contributed by atoms with van der Waals surface area (Å²) < 4.78 is 1.80. The van der Waals surface area contributed by atoms with E-state index in [9.17, 15) is 4.79 Å². The second-order valence-electron chi connectivity index (χ2n) is 6.21. The van der Waals surface area contributed by atoms with E-state index in [4.69, 9.17) is 5.73 Å². The molecule has 1 unspecified atom stereocenters. The number of nitrogens with zero attached hydrogens (tertiary/aromatic N) is 3. The molecule has 0 aliphatic rings. The van der Waals surface area contributed by atoms with Gasteiger partial charge in [-0.25, -0.2) is 9.97 Å². The van der Waals surface area contributed by atoms with Gasteiger partial charge in [-0.15, -0.1) is 0 Å². The van der Waals surface area contributed by atoms with E-state index >= 15 is 0 Å². The van der Waals surface area contributed by atoms with Crippen LogP contribution in [0.5, 0.6) is 0 Å². The molecule has 1 amide bonds. The molecule has 0 saturated carbocycles. The van der Waals surface area contributed by atoms with Crippen molar-refractivity contribution in [3.05, 3.63) is 96.4 Å². The second kappa shape index (κ2) is 6.44. The van der Waals surface area contributed by atoms with Crippen LogP contribution in [0.3, 0.4) is 0 Å². The highest BCUT2D eigenvalue weighted by Gasteiger charge is 2.42. The number of amides is 1. The number of rotatable bonds is 5. The molecule has 26 heavy (non-hydrogen) atoms. The minimum atomic E-state index is -1.12. The van der Waals surface area contributed by atoms with Crippen molar-refractivity contribution >= 4 is 17.1 Å². The molecular weight excluding hydrogens is 324 g/mol. The Morgan fingerprint density at radius 1 is 0.923 bits per heavy atom. The van der Waals surface area contributed by atoms with Crippen molar-refractivity contribution < 1.29 is 4.79 Å². The fourth-order valence-corrected chi connectivity index (χ4v) is 3.41. The van der Waals surface area contributed by atoms with Crippen LogP contribution < -0.4 is 5.73 Å². The van der Waals surface area contributed by atoms with Crippen LogP contribution in [0.25, 0.3) is 11.2 Å². The molecule has 0 fully saturated rings. The van der Waals surface area contributed by atoms with Gasteiger partial charge in [-0.3, -0.25) is 9.36 Å². The van der Waals surface area contributed by atoms with Gasteiger partial charge in [-0.05, 0) is 23.3 Å². The summed E-state index contributed by atoms with van der Waals surface area (Å²) in [5.74, 6) is -0.447. The van der Waals surface area contributed by atoms with Gasteiger partial charge in [0.1, 0.15) is 5.52 Å². The fraction of sp³-hybridized carbons (Fsp3) is 0.0952. The summed E-state index contributed by atoms with van der Waals surface area (Å²) in [5.41, 5.74) is 8.07. The number of aromatic nitrogens is 3. The minimum absolute atomic E-state index is 0.412. The molecule has 128 valence electrons. The highest BCUT2D eigenvalue weighted by atomic mass is 16.1. The molecule has 1 atom stereocenters. The van der Waals surface area contributed by atoms with E-state index in [0.29, 0.717) is 12.1 Å². The van der Waals surface area contributed by atoms with Crippen molar-refractivity contribution in [1.29, 1.82) is 0 Å². The zero-order valence-electron chi connectivity index (χ0n) is 14.1. The van der Waals surface area contributed by atoms with Crippen LogP contribution in [0.15, 0.2) is 85.3 Å². The van der Waals surface area contributed by atoms with Crippen LogP contribution in [0.2, 0.25) is 0 Å². The number of pyridine rings is 1. The number of carbonyl (C=O) groups excluding carboxylic acids is 1. The van der Waals surface area contributed by atoms with E-state index in [-0.39, 0.29) is 0 Å². The number of nitrogens with two attached hydrogens (primary N) is 1. The Hall–Kier alpha value is -3.47. The Kier molecular flexibility index (Phi) is 3.97. The lowest BCUT2D eigenvalue weighted by atomic mass is 9.82. The van der Waals surface area contributed by atoms with Gasteiger partial charge in [0.05, 0.1) is 6.33 Å². The maximum absolute atomic E-state index is 12.9. The van der Waals surface area contributed by atoms with Gasteiger partial charge >= 0.3 is 0 Å². The maximum Gasteiger partial charge on any atom is 0.248 e. The molecule has 5 nitrogen and oxygen atoms in total. The molecule has 0 saturated heterocycles. The number of fused-ring (bicyclic) bond motifs is 1. The molecular formula is C21H18N4O. The molecule has 2 heterocycles. The molecule has 5 heteroatoms. The van der Waals surface area contributed by atoms with Crippen molar-refractivity contribution in [3.8, 4) is 0 Å². The molecule has 0 radical (unpaired) electrons. The van der Waals surface area contributed by atoms with Crippen molar-refractivity contribution in [2.24, 2.45) is 5.73 Å². The van der Waals surface area contributed by atoms with Crippen LogP contribution in [0.1, 0.15) is 11.1 Å². The Balaban J connectivity index is 2.01. The average molecular weight is 342 g/mol. The SMILES string of the molecule is NC(=O)C(Cc1ccccc1)(c1ccccc1)n1cnc2cccnc21. The Morgan fingerprint density at radius 3 is 2.31 bits per heavy atom. The van der Waals surface area contributed by atoms with Gasteiger partial charge < -0.3 is 5.73 Å². The van der Waals surface area contributed by atoms with E-state index in [0.717, 1.165) is 16.6 Å². The number of hydrogen-bond acceptors (Lipinski definition) is 3. The average Bonchev–Trinajstić information content (AvgIpc) is 3.12. The monoisotopic (exact) mass is 342 g/mol. The second-order valence-corrected chi connectivity index (χ2v) is 6.21. The normalized spacial score (nSPS) is 13.4. The third kappa shape index (κ3) is 2.54. The first-order valence-electron chi connectivity index (χ1n) is 8.40. The van der Waals surface area contributed by atoms with Gasteiger partial charge in [0.2, 0.25) is 5.91 Å². The summed E-state index contributed by atoms with van der Waals surface area (Å²) in [7, 11) is 0. The minimum Gasteiger partial charge on any atom is -0.367 e. The first-order chi connectivity index (χ1) is 12.7. The quantitative estimate of drug-likeness (QED) is 0.606. The molecule has 0 aliphatic heterocycles. The summed E-state index contributed by atoms with van der Waals surface area (Å²) in [6.45, 7) is 0. The molecule has 2 aromatic carbocycles.